The van der Waals surface area contributed by atoms with Crippen LogP contribution in [0, 0.1) is 17.2 Å². The molecule has 0 bridgehead atoms. The van der Waals surface area contributed by atoms with Crippen LogP contribution in [0.3, 0.4) is 0 Å². The van der Waals surface area contributed by atoms with E-state index in [4.69, 9.17) is 5.26 Å². The predicted molar refractivity (Wildman–Crippen MR) is 58.9 cm³/mol. The Morgan fingerprint density at radius 2 is 2.24 bits per heavy atom. The van der Waals surface area contributed by atoms with Crippen molar-refractivity contribution in [2.75, 3.05) is 19.6 Å². The van der Waals surface area contributed by atoms with E-state index in [1.807, 2.05) is 0 Å². The van der Waals surface area contributed by atoms with Crippen LogP contribution >= 0.6 is 0 Å². The summed E-state index contributed by atoms with van der Waals surface area (Å²) in [5.41, 5.74) is 0. The van der Waals surface area contributed by atoms with Crippen molar-refractivity contribution < 1.29 is 13.6 Å². The average molecular weight is 241 g/mol. The van der Waals surface area contributed by atoms with Crippen molar-refractivity contribution in [3.63, 3.8) is 0 Å². The molecule has 0 radical (unpaired) electrons. The second-order valence-corrected chi connectivity index (χ2v) is 4.88. The second-order valence-electron chi connectivity index (χ2n) is 4.88. The van der Waals surface area contributed by atoms with Gasteiger partial charge in [-0.3, -0.25) is 4.79 Å². The molecule has 0 aliphatic carbocycles. The molecule has 2 aliphatic heterocycles. The maximum atomic E-state index is 13.0. The quantitative estimate of drug-likeness (QED) is 0.588. The van der Waals surface area contributed by atoms with E-state index in [0.29, 0.717) is 13.0 Å². The van der Waals surface area contributed by atoms with Crippen molar-refractivity contribution >= 4 is 13.9 Å². The van der Waals surface area contributed by atoms with E-state index < -0.39 is 18.5 Å². The van der Waals surface area contributed by atoms with E-state index >= 15 is 0 Å². The van der Waals surface area contributed by atoms with Crippen LogP contribution in [-0.4, -0.2) is 55.2 Å². The van der Waals surface area contributed by atoms with Crippen LogP contribution in [0.5, 0.6) is 0 Å². The Bertz CT molecular complexity index is 371. The number of carbonyl (C=O) groups excluding carboxylic acids is 1. The number of rotatable bonds is 1. The molecule has 2 rings (SSSR count). The molecule has 2 saturated heterocycles. The molecule has 0 saturated carbocycles. The highest BCUT2D eigenvalue weighted by Gasteiger charge is 2.44. The Kier molecular flexibility index (Phi) is 3.08. The summed E-state index contributed by atoms with van der Waals surface area (Å²) in [5, 5.41) is 8.81. The number of nitriles is 1. The molecule has 92 valence electrons. The van der Waals surface area contributed by atoms with Crippen molar-refractivity contribution in [3.05, 3.63) is 0 Å². The number of hydrogen-bond acceptors (Lipinski definition) is 3. The molecule has 2 atom stereocenters. The molecular formula is C10H14BF2N3O. The molecule has 2 fully saturated rings. The molecule has 0 aromatic carbocycles. The van der Waals surface area contributed by atoms with Gasteiger partial charge in [0, 0.05) is 19.5 Å². The Hall–Kier alpha value is -1.16. The summed E-state index contributed by atoms with van der Waals surface area (Å²) < 4.78 is 26.0. The van der Waals surface area contributed by atoms with E-state index in [1.165, 1.54) is 4.90 Å². The predicted octanol–water partition coefficient (Wildman–Crippen LogP) is -0.384. The third kappa shape index (κ3) is 2.42. The van der Waals surface area contributed by atoms with Gasteiger partial charge in [0.15, 0.2) is 7.98 Å². The molecule has 4 nitrogen and oxygen atoms in total. The van der Waals surface area contributed by atoms with Crippen LogP contribution in [-0.2, 0) is 4.79 Å². The van der Waals surface area contributed by atoms with Crippen molar-refractivity contribution in [1.29, 1.82) is 5.26 Å². The van der Waals surface area contributed by atoms with E-state index in [2.05, 4.69) is 6.07 Å². The van der Waals surface area contributed by atoms with Gasteiger partial charge in [-0.25, -0.2) is 8.78 Å². The van der Waals surface area contributed by atoms with Crippen LogP contribution in [0.15, 0.2) is 0 Å². The van der Waals surface area contributed by atoms with Crippen LogP contribution in [0.1, 0.15) is 12.8 Å². The minimum Gasteiger partial charge on any atom is -0.337 e. The highest BCUT2D eigenvalue weighted by Crippen LogP contribution is 2.29. The molecule has 1 amide bonds. The van der Waals surface area contributed by atoms with Gasteiger partial charge in [0.2, 0.25) is 5.91 Å². The zero-order chi connectivity index (χ0) is 12.6. The molecule has 17 heavy (non-hydrogen) atoms. The standard InChI is InChI=1S/C10H14BF2N3O/c11-16-5-7(4-14)3-8(16)9(17)15-2-1-10(12,13)6-15/h7-8H,1-3,5-6,11H2. The smallest absolute Gasteiger partial charge is 0.267 e. The summed E-state index contributed by atoms with van der Waals surface area (Å²) in [6, 6.07) is 1.72. The van der Waals surface area contributed by atoms with Gasteiger partial charge >= 0.3 is 0 Å². The molecule has 7 heteroatoms. The number of likely N-dealkylation sites (tertiary alicyclic amines) is 1. The first-order chi connectivity index (χ1) is 7.93. The largest absolute Gasteiger partial charge is 0.337 e. The first-order valence-corrected chi connectivity index (χ1v) is 5.69. The first kappa shape index (κ1) is 12.3. The van der Waals surface area contributed by atoms with Gasteiger partial charge in [-0.2, -0.15) is 5.26 Å². The summed E-state index contributed by atoms with van der Waals surface area (Å²) in [5.74, 6) is -3.18. The van der Waals surface area contributed by atoms with Gasteiger partial charge in [-0.05, 0) is 6.42 Å². The molecular weight excluding hydrogens is 227 g/mol. The number of hydrogen-bond donors (Lipinski definition) is 0. The lowest BCUT2D eigenvalue weighted by Gasteiger charge is -2.24. The summed E-state index contributed by atoms with van der Waals surface area (Å²) >= 11 is 0. The Morgan fingerprint density at radius 3 is 2.71 bits per heavy atom. The molecule has 0 spiro atoms. The highest BCUT2D eigenvalue weighted by atomic mass is 19.3. The maximum Gasteiger partial charge on any atom is 0.267 e. The summed E-state index contributed by atoms with van der Waals surface area (Å²) in [6.07, 6.45) is 0.199. The number of alkyl halides is 2. The van der Waals surface area contributed by atoms with Crippen molar-refractivity contribution in [3.8, 4) is 6.07 Å². The monoisotopic (exact) mass is 241 g/mol. The van der Waals surface area contributed by atoms with Crippen LogP contribution in [0.2, 0.25) is 0 Å². The number of amides is 1. The third-order valence-corrected chi connectivity index (χ3v) is 3.50. The SMILES string of the molecule is BN1CC(C#N)CC1C(=O)N1CCC(F)(F)C1. The van der Waals surface area contributed by atoms with Crippen molar-refractivity contribution in [2.45, 2.75) is 24.8 Å². The van der Waals surface area contributed by atoms with E-state index in [-0.39, 0.29) is 24.8 Å². The average Bonchev–Trinajstić information content (AvgIpc) is 2.80. The van der Waals surface area contributed by atoms with Gasteiger partial charge in [-0.15, -0.1) is 0 Å². The summed E-state index contributed by atoms with van der Waals surface area (Å²) in [6.45, 7) is 0.178. The molecule has 0 N–H and O–H groups in total. The first-order valence-electron chi connectivity index (χ1n) is 5.69. The van der Waals surface area contributed by atoms with Gasteiger partial charge in [0.05, 0.1) is 24.6 Å². The lowest BCUT2D eigenvalue weighted by atomic mass is 10.1. The number of halogens is 2. The fourth-order valence-corrected chi connectivity index (χ4v) is 2.52. The molecule has 2 heterocycles. The van der Waals surface area contributed by atoms with E-state index in [0.717, 1.165) is 0 Å². The third-order valence-electron chi connectivity index (χ3n) is 3.50. The van der Waals surface area contributed by atoms with E-state index in [1.54, 1.807) is 12.8 Å². The van der Waals surface area contributed by atoms with Crippen LogP contribution in [0.4, 0.5) is 8.78 Å². The Labute approximate surface area is 99.6 Å². The molecule has 0 aromatic heterocycles. The van der Waals surface area contributed by atoms with Gasteiger partial charge in [0.1, 0.15) is 0 Å². The Balaban J connectivity index is 2.00. The van der Waals surface area contributed by atoms with Gasteiger partial charge in [0.25, 0.3) is 5.92 Å². The topological polar surface area (TPSA) is 47.3 Å². The minimum atomic E-state index is -2.75. The summed E-state index contributed by atoms with van der Waals surface area (Å²) in [4.78, 5) is 15.1. The fraction of sp³-hybridized carbons (Fsp3) is 0.800. The highest BCUT2D eigenvalue weighted by molar-refractivity contribution is 6.07. The number of carbonyl (C=O) groups is 1. The van der Waals surface area contributed by atoms with Crippen molar-refractivity contribution in [2.24, 2.45) is 5.92 Å². The van der Waals surface area contributed by atoms with Gasteiger partial charge in [-0.1, -0.05) is 0 Å². The Morgan fingerprint density at radius 1 is 1.53 bits per heavy atom. The maximum absolute atomic E-state index is 13.0. The van der Waals surface area contributed by atoms with Gasteiger partial charge < -0.3 is 9.71 Å². The second kappa shape index (κ2) is 4.26. The molecule has 2 unspecified atom stereocenters. The normalized spacial score (nSPS) is 32.6. The zero-order valence-corrected chi connectivity index (χ0v) is 9.70. The number of nitrogens with zero attached hydrogens (tertiary/aromatic N) is 3. The minimum absolute atomic E-state index is 0.118. The van der Waals surface area contributed by atoms with E-state index in [9.17, 15) is 13.6 Å². The van der Waals surface area contributed by atoms with Crippen LogP contribution < -0.4 is 0 Å². The molecule has 2 aliphatic rings. The fourth-order valence-electron chi connectivity index (χ4n) is 2.52. The lowest BCUT2D eigenvalue weighted by molar-refractivity contribution is -0.135. The van der Waals surface area contributed by atoms with Crippen LogP contribution in [0.25, 0.3) is 0 Å². The zero-order valence-electron chi connectivity index (χ0n) is 9.70. The lowest BCUT2D eigenvalue weighted by Crippen LogP contribution is -2.44. The van der Waals surface area contributed by atoms with Crippen molar-refractivity contribution in [1.82, 2.24) is 9.71 Å². The molecule has 0 aromatic rings. The summed E-state index contributed by atoms with van der Waals surface area (Å²) in [7, 11) is 1.76.